The lowest BCUT2D eigenvalue weighted by atomic mass is 9.95. The van der Waals surface area contributed by atoms with Crippen LogP contribution < -0.4 is 0 Å². The Balaban J connectivity index is 1.74. The van der Waals surface area contributed by atoms with Gasteiger partial charge < -0.3 is 79.9 Å². The first-order valence-corrected chi connectivity index (χ1v) is 10.6. The predicted molar refractivity (Wildman–Crippen MR) is 101 cm³/mol. The second-order valence-electron chi connectivity index (χ2n) is 8.41. The van der Waals surface area contributed by atoms with Gasteiger partial charge in [-0.3, -0.25) is 0 Å². The third-order valence-electron chi connectivity index (χ3n) is 6.16. The Morgan fingerprint density at radius 2 is 1.26 bits per heavy atom. The van der Waals surface area contributed by atoms with Gasteiger partial charge in [-0.05, 0) is 0 Å². The second kappa shape index (κ2) is 11.2. The molecule has 0 spiro atoms. The maximum atomic E-state index is 10.6. The van der Waals surface area contributed by atoms with Crippen LogP contribution in [0.5, 0.6) is 0 Å². The normalized spacial score (nSPS) is 52.5. The van der Waals surface area contributed by atoms with Crippen LogP contribution in [-0.4, -0.2) is 168 Å². The minimum atomic E-state index is -2.37. The highest BCUT2D eigenvalue weighted by atomic mass is 16.8. The molecule has 16 nitrogen and oxygen atoms in total. The Morgan fingerprint density at radius 3 is 1.85 bits per heavy atom. The summed E-state index contributed by atoms with van der Waals surface area (Å²) in [4.78, 5) is 0. The van der Waals surface area contributed by atoms with Gasteiger partial charge in [0.15, 0.2) is 12.6 Å². The van der Waals surface area contributed by atoms with Crippen LogP contribution in [0, 0.1) is 0 Å². The summed E-state index contributed by atoms with van der Waals surface area (Å²) in [7, 11) is 0. The lowest BCUT2D eigenvalue weighted by molar-refractivity contribution is -0.422. The summed E-state index contributed by atoms with van der Waals surface area (Å²) in [6, 6.07) is 0. The molecule has 3 saturated heterocycles. The molecule has 0 radical (unpaired) electrons. The molecule has 0 aliphatic carbocycles. The van der Waals surface area contributed by atoms with Crippen LogP contribution in [0.15, 0.2) is 0 Å². The number of aliphatic hydroxyl groups is 11. The van der Waals surface area contributed by atoms with E-state index in [1.165, 1.54) is 0 Å². The molecule has 3 fully saturated rings. The minimum Gasteiger partial charge on any atom is -0.394 e. The van der Waals surface area contributed by atoms with Crippen molar-refractivity contribution >= 4 is 0 Å². The number of hydrogen-bond donors (Lipinski definition) is 11. The highest BCUT2D eigenvalue weighted by Gasteiger charge is 2.56. The molecule has 0 aromatic heterocycles. The number of ether oxygens (including phenoxy) is 5. The fourth-order valence-corrected chi connectivity index (χ4v) is 4.01. The molecule has 3 aliphatic rings. The van der Waals surface area contributed by atoms with Crippen LogP contribution in [0.25, 0.3) is 0 Å². The second-order valence-corrected chi connectivity index (χ2v) is 8.41. The standard InChI is InChI=1S/C18H32O16/c19-1-6-9(24)10(25)12(27)16(31-6)33-14-7(2-20)32-17(13(28)11(14)26)34-18(4-21)15(29)8(23)5(22)3-30-18/h5-17,19-29H,1-4H2/t5-,6-,7-,8-,9+,10+,11-,12-,13-,14-,15+,16-,17-,18?/m1/s1. The van der Waals surface area contributed by atoms with Crippen LogP contribution >= 0.6 is 0 Å². The van der Waals surface area contributed by atoms with E-state index in [4.69, 9.17) is 23.7 Å². The van der Waals surface area contributed by atoms with E-state index in [0.29, 0.717) is 0 Å². The molecule has 0 amide bonds. The van der Waals surface area contributed by atoms with Crippen LogP contribution in [0.2, 0.25) is 0 Å². The van der Waals surface area contributed by atoms with Gasteiger partial charge in [-0.25, -0.2) is 0 Å². The van der Waals surface area contributed by atoms with Crippen molar-refractivity contribution in [2.45, 2.75) is 85.5 Å². The maximum absolute atomic E-state index is 10.6. The molecule has 0 saturated carbocycles. The zero-order valence-electron chi connectivity index (χ0n) is 17.8. The molecular weight excluding hydrogens is 472 g/mol. The summed E-state index contributed by atoms with van der Waals surface area (Å²) < 4.78 is 26.5. The quantitative estimate of drug-likeness (QED) is 0.154. The van der Waals surface area contributed by atoms with Crippen LogP contribution in [0.1, 0.15) is 0 Å². The molecule has 0 aromatic rings. The van der Waals surface area contributed by atoms with Gasteiger partial charge in [0.25, 0.3) is 0 Å². The molecule has 14 atom stereocenters. The smallest absolute Gasteiger partial charge is 0.223 e. The first-order valence-electron chi connectivity index (χ1n) is 10.6. The molecule has 11 N–H and O–H groups in total. The predicted octanol–water partition coefficient (Wildman–Crippen LogP) is -7.57. The van der Waals surface area contributed by atoms with Gasteiger partial charge in [-0.2, -0.15) is 0 Å². The Labute approximate surface area is 192 Å². The maximum Gasteiger partial charge on any atom is 0.223 e. The molecule has 200 valence electrons. The Hall–Kier alpha value is -0.640. The third kappa shape index (κ3) is 5.09. The Kier molecular flexibility index (Phi) is 9.18. The molecule has 3 aliphatic heterocycles. The zero-order chi connectivity index (χ0) is 25.4. The summed E-state index contributed by atoms with van der Waals surface area (Å²) in [5.41, 5.74) is 0. The first-order chi connectivity index (χ1) is 16.0. The largest absolute Gasteiger partial charge is 0.394 e. The summed E-state index contributed by atoms with van der Waals surface area (Å²) in [6.45, 7) is -3.21. The van der Waals surface area contributed by atoms with E-state index < -0.39 is 112 Å². The molecule has 16 heteroatoms. The molecule has 3 heterocycles. The number of hydrogen-bond acceptors (Lipinski definition) is 16. The monoisotopic (exact) mass is 504 g/mol. The SMILES string of the molecule is OC[C@H]1O[C@H](O[C@H]2[C@H](O)[C@@H](O)[C@@H](OC3(CO)OC[C@@H](O)[C@@H](O)[C@@H]3O)O[C@@H]2CO)[C@H](O)[C@@H](O)[C@H]1O. The molecule has 0 bridgehead atoms. The lowest BCUT2D eigenvalue weighted by Crippen LogP contribution is -2.69. The van der Waals surface area contributed by atoms with E-state index in [1.54, 1.807) is 0 Å². The zero-order valence-corrected chi connectivity index (χ0v) is 17.8. The van der Waals surface area contributed by atoms with Crippen LogP contribution in [0.4, 0.5) is 0 Å². The lowest BCUT2D eigenvalue weighted by Gasteiger charge is -2.49. The fraction of sp³-hybridized carbons (Fsp3) is 1.00. The Bertz CT molecular complexity index is 651. The first kappa shape index (κ1) is 27.9. The number of aliphatic hydroxyl groups excluding tert-OH is 11. The van der Waals surface area contributed by atoms with Gasteiger partial charge in [-0.1, -0.05) is 0 Å². The molecule has 3 rings (SSSR count). The van der Waals surface area contributed by atoms with Crippen LogP contribution in [-0.2, 0) is 23.7 Å². The molecule has 0 aromatic carbocycles. The van der Waals surface area contributed by atoms with Crippen molar-refractivity contribution in [3.63, 3.8) is 0 Å². The highest BCUT2D eigenvalue weighted by molar-refractivity contribution is 4.97. The van der Waals surface area contributed by atoms with E-state index in [2.05, 4.69) is 0 Å². The average molecular weight is 504 g/mol. The Morgan fingerprint density at radius 1 is 0.676 bits per heavy atom. The van der Waals surface area contributed by atoms with Crippen molar-refractivity contribution in [2.75, 3.05) is 26.4 Å². The van der Waals surface area contributed by atoms with Gasteiger partial charge >= 0.3 is 0 Å². The fourth-order valence-electron chi connectivity index (χ4n) is 4.01. The highest BCUT2D eigenvalue weighted by Crippen LogP contribution is 2.34. The van der Waals surface area contributed by atoms with E-state index >= 15 is 0 Å². The van der Waals surface area contributed by atoms with Crippen molar-refractivity contribution in [3.05, 3.63) is 0 Å². The van der Waals surface area contributed by atoms with Crippen LogP contribution in [0.3, 0.4) is 0 Å². The van der Waals surface area contributed by atoms with Crippen molar-refractivity contribution in [1.82, 2.24) is 0 Å². The molecular formula is C18H32O16. The average Bonchev–Trinajstić information content (AvgIpc) is 2.84. The van der Waals surface area contributed by atoms with Gasteiger partial charge in [0.1, 0.15) is 73.8 Å². The van der Waals surface area contributed by atoms with Crippen molar-refractivity contribution in [2.24, 2.45) is 0 Å². The van der Waals surface area contributed by atoms with Crippen molar-refractivity contribution in [1.29, 1.82) is 0 Å². The number of rotatable bonds is 7. The minimum absolute atomic E-state index is 0.559. The van der Waals surface area contributed by atoms with Crippen molar-refractivity contribution in [3.8, 4) is 0 Å². The van der Waals surface area contributed by atoms with E-state index in [0.717, 1.165) is 0 Å². The molecule has 34 heavy (non-hydrogen) atoms. The van der Waals surface area contributed by atoms with E-state index in [9.17, 15) is 56.2 Å². The third-order valence-corrected chi connectivity index (χ3v) is 6.16. The summed E-state index contributed by atoms with van der Waals surface area (Å²) in [6.07, 6.45) is -22.4. The van der Waals surface area contributed by atoms with Gasteiger partial charge in [0.05, 0.1) is 19.8 Å². The van der Waals surface area contributed by atoms with Crippen molar-refractivity contribution < 1.29 is 79.9 Å². The van der Waals surface area contributed by atoms with E-state index in [1.807, 2.05) is 0 Å². The summed E-state index contributed by atoms with van der Waals surface area (Å²) in [5, 5.41) is 110. The molecule has 1 unspecified atom stereocenters. The van der Waals surface area contributed by atoms with Gasteiger partial charge in [-0.15, -0.1) is 0 Å². The summed E-state index contributed by atoms with van der Waals surface area (Å²) in [5.74, 6) is -2.37. The summed E-state index contributed by atoms with van der Waals surface area (Å²) >= 11 is 0. The van der Waals surface area contributed by atoms with Gasteiger partial charge in [0.2, 0.25) is 5.79 Å². The topological polar surface area (TPSA) is 269 Å². The van der Waals surface area contributed by atoms with Gasteiger partial charge in [0, 0.05) is 0 Å². The van der Waals surface area contributed by atoms with E-state index in [-0.39, 0.29) is 0 Å².